The number of hydrogen-bond donors (Lipinski definition) is 2. The van der Waals surface area contributed by atoms with E-state index in [4.69, 9.17) is 0 Å². The van der Waals surface area contributed by atoms with Crippen LogP contribution in [0.25, 0.3) is 10.9 Å². The third-order valence-electron chi connectivity index (χ3n) is 3.95. The van der Waals surface area contributed by atoms with E-state index in [-0.39, 0.29) is 11.8 Å². The lowest BCUT2D eigenvalue weighted by molar-refractivity contribution is 0.0917. The van der Waals surface area contributed by atoms with Crippen molar-refractivity contribution in [3.8, 4) is 0 Å². The van der Waals surface area contributed by atoms with Gasteiger partial charge in [0.15, 0.2) is 5.78 Å². The summed E-state index contributed by atoms with van der Waals surface area (Å²) in [4.78, 5) is 24.3. The first kappa shape index (κ1) is 13.8. The molecule has 21 heavy (non-hydrogen) atoms. The smallest absolute Gasteiger partial charge is 0.416 e. The first-order chi connectivity index (χ1) is 10.0. The van der Waals surface area contributed by atoms with Crippen LogP contribution in [0, 0.1) is 5.92 Å². The molecule has 5 nitrogen and oxygen atoms in total. The quantitative estimate of drug-likeness (QED) is 0.890. The van der Waals surface area contributed by atoms with Crippen molar-refractivity contribution in [2.24, 2.45) is 5.92 Å². The second kappa shape index (κ2) is 5.00. The van der Waals surface area contributed by atoms with Crippen LogP contribution in [-0.4, -0.2) is 27.6 Å². The minimum atomic E-state index is -1.05. The van der Waals surface area contributed by atoms with E-state index in [0.717, 1.165) is 11.8 Å². The maximum Gasteiger partial charge on any atom is 0.416 e. The highest BCUT2D eigenvalue weighted by molar-refractivity contribution is 6.14. The Morgan fingerprint density at radius 1 is 1.43 bits per heavy atom. The zero-order valence-electron chi connectivity index (χ0n) is 12.1. The SMILES string of the molecule is CC(C)CC1NCc2c(c3ccccc3n2C(=O)O)C1=O. The first-order valence-corrected chi connectivity index (χ1v) is 7.14. The maximum absolute atomic E-state index is 12.7. The Morgan fingerprint density at radius 3 is 2.81 bits per heavy atom. The van der Waals surface area contributed by atoms with Gasteiger partial charge < -0.3 is 10.4 Å². The Bertz CT molecular complexity index is 730. The molecule has 110 valence electrons. The van der Waals surface area contributed by atoms with E-state index in [0.29, 0.717) is 29.2 Å². The van der Waals surface area contributed by atoms with Gasteiger partial charge >= 0.3 is 6.09 Å². The van der Waals surface area contributed by atoms with E-state index >= 15 is 0 Å². The second-order valence-corrected chi connectivity index (χ2v) is 5.88. The van der Waals surface area contributed by atoms with E-state index in [2.05, 4.69) is 19.2 Å². The summed E-state index contributed by atoms with van der Waals surface area (Å²) >= 11 is 0. The first-order valence-electron chi connectivity index (χ1n) is 7.14. The second-order valence-electron chi connectivity index (χ2n) is 5.88. The fourth-order valence-electron chi connectivity index (χ4n) is 3.10. The third kappa shape index (κ3) is 2.14. The van der Waals surface area contributed by atoms with Crippen molar-refractivity contribution in [2.75, 3.05) is 0 Å². The summed E-state index contributed by atoms with van der Waals surface area (Å²) in [5.74, 6) is 0.405. The van der Waals surface area contributed by atoms with E-state index in [1.54, 1.807) is 12.1 Å². The number of nitrogens with zero attached hydrogens (tertiary/aromatic N) is 1. The standard InChI is InChI=1S/C16H18N2O3/c1-9(2)7-11-15(19)14-10-5-3-4-6-12(10)18(16(20)21)13(14)8-17-11/h3-6,9,11,17H,7-8H2,1-2H3,(H,20,21). The molecule has 0 radical (unpaired) electrons. The van der Waals surface area contributed by atoms with Crippen molar-refractivity contribution < 1.29 is 14.7 Å². The molecule has 1 aromatic carbocycles. The number of hydrogen-bond acceptors (Lipinski definition) is 3. The van der Waals surface area contributed by atoms with Gasteiger partial charge in [0.1, 0.15) is 0 Å². The van der Waals surface area contributed by atoms with Gasteiger partial charge in [-0.05, 0) is 18.4 Å². The lowest BCUT2D eigenvalue weighted by Crippen LogP contribution is -2.42. The molecule has 0 saturated heterocycles. The van der Waals surface area contributed by atoms with Crippen molar-refractivity contribution in [2.45, 2.75) is 32.9 Å². The van der Waals surface area contributed by atoms with E-state index in [1.165, 1.54) is 4.57 Å². The molecule has 0 aliphatic carbocycles. The minimum Gasteiger partial charge on any atom is -0.464 e. The molecule has 1 aliphatic rings. The molecule has 5 heteroatoms. The van der Waals surface area contributed by atoms with Crippen molar-refractivity contribution in [1.29, 1.82) is 0 Å². The van der Waals surface area contributed by atoms with Gasteiger partial charge in [0.2, 0.25) is 0 Å². The Balaban J connectivity index is 2.20. The van der Waals surface area contributed by atoms with Gasteiger partial charge in [-0.15, -0.1) is 0 Å². The van der Waals surface area contributed by atoms with Crippen LogP contribution < -0.4 is 5.32 Å². The summed E-state index contributed by atoms with van der Waals surface area (Å²) in [5, 5.41) is 13.4. The van der Waals surface area contributed by atoms with Crippen molar-refractivity contribution in [1.82, 2.24) is 9.88 Å². The van der Waals surface area contributed by atoms with Gasteiger partial charge in [-0.1, -0.05) is 32.0 Å². The number of fused-ring (bicyclic) bond motifs is 3. The number of carbonyl (C=O) groups is 2. The van der Waals surface area contributed by atoms with Gasteiger partial charge in [-0.2, -0.15) is 0 Å². The fourth-order valence-corrected chi connectivity index (χ4v) is 3.10. The molecule has 2 heterocycles. The number of benzene rings is 1. The highest BCUT2D eigenvalue weighted by atomic mass is 16.4. The van der Waals surface area contributed by atoms with Gasteiger partial charge in [0.25, 0.3) is 0 Å². The summed E-state index contributed by atoms with van der Waals surface area (Å²) in [5.41, 5.74) is 1.70. The molecule has 0 amide bonds. The average Bonchev–Trinajstić information content (AvgIpc) is 2.76. The molecular weight excluding hydrogens is 268 g/mol. The van der Waals surface area contributed by atoms with Crippen LogP contribution in [0.1, 0.15) is 36.3 Å². The lowest BCUT2D eigenvalue weighted by atomic mass is 9.91. The van der Waals surface area contributed by atoms with Gasteiger partial charge in [-0.3, -0.25) is 4.79 Å². The molecular formula is C16H18N2O3. The van der Waals surface area contributed by atoms with Crippen LogP contribution >= 0.6 is 0 Å². The number of aromatic nitrogens is 1. The van der Waals surface area contributed by atoms with Crippen LogP contribution in [0.15, 0.2) is 24.3 Å². The molecule has 3 rings (SSSR count). The van der Waals surface area contributed by atoms with Crippen molar-refractivity contribution in [3.63, 3.8) is 0 Å². The molecule has 1 atom stereocenters. The Hall–Kier alpha value is -2.14. The zero-order chi connectivity index (χ0) is 15.1. The number of para-hydroxylation sites is 1. The van der Waals surface area contributed by atoms with E-state index in [9.17, 15) is 14.7 Å². The Labute approximate surface area is 122 Å². The predicted octanol–water partition coefficient (Wildman–Crippen LogP) is 2.87. The zero-order valence-corrected chi connectivity index (χ0v) is 12.1. The highest BCUT2D eigenvalue weighted by Gasteiger charge is 2.33. The van der Waals surface area contributed by atoms with Gasteiger partial charge in [0, 0.05) is 17.5 Å². The molecule has 0 spiro atoms. The topological polar surface area (TPSA) is 71.3 Å². The van der Waals surface area contributed by atoms with Crippen LogP contribution in [0.4, 0.5) is 4.79 Å². The van der Waals surface area contributed by atoms with Crippen LogP contribution in [0.2, 0.25) is 0 Å². The predicted molar refractivity (Wildman–Crippen MR) is 79.8 cm³/mol. The van der Waals surface area contributed by atoms with Crippen molar-refractivity contribution >= 4 is 22.8 Å². The molecule has 2 N–H and O–H groups in total. The number of rotatable bonds is 2. The van der Waals surface area contributed by atoms with E-state index in [1.807, 2.05) is 12.1 Å². The minimum absolute atomic E-state index is 0.00106. The van der Waals surface area contributed by atoms with Crippen LogP contribution in [0.3, 0.4) is 0 Å². The van der Waals surface area contributed by atoms with Crippen LogP contribution in [-0.2, 0) is 6.54 Å². The molecule has 2 aromatic rings. The largest absolute Gasteiger partial charge is 0.464 e. The lowest BCUT2D eigenvalue weighted by Gasteiger charge is -2.25. The monoisotopic (exact) mass is 286 g/mol. The average molecular weight is 286 g/mol. The summed E-state index contributed by atoms with van der Waals surface area (Å²) in [6.07, 6.45) is -0.297. The number of nitrogens with one attached hydrogen (secondary N) is 1. The third-order valence-corrected chi connectivity index (χ3v) is 3.95. The van der Waals surface area contributed by atoms with E-state index < -0.39 is 6.09 Å². The summed E-state index contributed by atoms with van der Waals surface area (Å²) in [6.45, 7) is 4.55. The van der Waals surface area contributed by atoms with Gasteiger partial charge in [0.05, 0.1) is 17.3 Å². The van der Waals surface area contributed by atoms with Crippen LogP contribution in [0.5, 0.6) is 0 Å². The Morgan fingerprint density at radius 2 is 2.14 bits per heavy atom. The number of carboxylic acid groups (broad SMARTS) is 1. The summed E-state index contributed by atoms with van der Waals surface area (Å²) in [6, 6.07) is 6.96. The molecule has 1 aromatic heterocycles. The molecule has 1 aliphatic heterocycles. The molecule has 0 bridgehead atoms. The number of Topliss-reactive ketones (excluding diaryl/α,β-unsaturated/α-hetero) is 1. The van der Waals surface area contributed by atoms with Gasteiger partial charge in [-0.25, -0.2) is 9.36 Å². The normalized spacial score (nSPS) is 18.2. The number of ketones is 1. The summed E-state index contributed by atoms with van der Waals surface area (Å²) < 4.78 is 1.22. The summed E-state index contributed by atoms with van der Waals surface area (Å²) in [7, 11) is 0. The Kier molecular flexibility index (Phi) is 3.29. The molecule has 0 fully saturated rings. The highest BCUT2D eigenvalue weighted by Crippen LogP contribution is 2.31. The fraction of sp³-hybridized carbons (Fsp3) is 0.375. The maximum atomic E-state index is 12.7. The van der Waals surface area contributed by atoms with Crippen molar-refractivity contribution in [3.05, 3.63) is 35.5 Å². The molecule has 0 saturated carbocycles. The number of carbonyl (C=O) groups excluding carboxylic acids is 1. The molecule has 1 unspecified atom stereocenters.